The van der Waals surface area contributed by atoms with Gasteiger partial charge in [-0.1, -0.05) is 0 Å². The first kappa shape index (κ1) is 18.7. The zero-order valence-corrected chi connectivity index (χ0v) is 16.5. The largest absolute Gasteiger partial charge is 0.480 e. The van der Waals surface area contributed by atoms with E-state index in [0.29, 0.717) is 22.1 Å². The van der Waals surface area contributed by atoms with Crippen LogP contribution in [-0.2, 0) is 11.0 Å². The molecule has 0 aliphatic rings. The van der Waals surface area contributed by atoms with Gasteiger partial charge in [-0.2, -0.15) is 4.98 Å². The summed E-state index contributed by atoms with van der Waals surface area (Å²) >= 11 is 0. The molecule has 0 aromatic carbocycles. The Balaban J connectivity index is 1.73. The average molecular weight is 407 g/mol. The van der Waals surface area contributed by atoms with Crippen LogP contribution in [0.5, 0.6) is 5.88 Å². The summed E-state index contributed by atoms with van der Waals surface area (Å²) in [7, 11) is -0.0187. The molecule has 4 aromatic rings. The summed E-state index contributed by atoms with van der Waals surface area (Å²) in [5, 5.41) is 0.793. The first-order chi connectivity index (χ1) is 14.0. The summed E-state index contributed by atoms with van der Waals surface area (Å²) < 4.78 is 20.8. The van der Waals surface area contributed by atoms with Crippen molar-refractivity contribution in [3.8, 4) is 17.0 Å². The van der Waals surface area contributed by atoms with Crippen molar-refractivity contribution < 1.29 is 8.95 Å². The normalized spacial score (nSPS) is 11.9. The Morgan fingerprint density at radius 1 is 1.10 bits per heavy atom. The van der Waals surface area contributed by atoms with E-state index in [1.165, 1.54) is 13.3 Å². The Morgan fingerprint density at radius 3 is 2.66 bits per heavy atom. The van der Waals surface area contributed by atoms with Crippen LogP contribution in [0.3, 0.4) is 0 Å². The number of aromatic nitrogens is 5. The maximum Gasteiger partial charge on any atom is 0.238 e. The number of hydrogen-bond donors (Lipinski definition) is 2. The molecule has 9 nitrogen and oxygen atoms in total. The summed E-state index contributed by atoms with van der Waals surface area (Å²) in [4.78, 5) is 21.6. The average Bonchev–Trinajstić information content (AvgIpc) is 2.74. The second kappa shape index (κ2) is 7.76. The van der Waals surface area contributed by atoms with E-state index in [9.17, 15) is 4.21 Å². The molecule has 0 aliphatic heterocycles. The third-order valence-corrected chi connectivity index (χ3v) is 5.26. The molecule has 0 aliphatic carbocycles. The highest BCUT2D eigenvalue weighted by Crippen LogP contribution is 2.30. The topological polar surface area (TPSA) is 129 Å². The number of rotatable bonds is 5. The van der Waals surface area contributed by atoms with Crippen LogP contribution in [0.2, 0.25) is 0 Å². The van der Waals surface area contributed by atoms with Crippen molar-refractivity contribution in [2.75, 3.05) is 17.6 Å². The van der Waals surface area contributed by atoms with Crippen LogP contribution < -0.4 is 15.2 Å². The smallest absolute Gasteiger partial charge is 0.238 e. The number of hydrogen-bond acceptors (Lipinski definition) is 8. The fraction of sp³-hybridized carbons (Fsp3) is 0.105. The van der Waals surface area contributed by atoms with Gasteiger partial charge in [0.15, 0.2) is 16.6 Å². The minimum absolute atomic E-state index is 0.186. The van der Waals surface area contributed by atoms with E-state index >= 15 is 0 Å². The van der Waals surface area contributed by atoms with Gasteiger partial charge in [0.05, 0.1) is 17.7 Å². The van der Waals surface area contributed by atoms with E-state index in [-0.39, 0.29) is 5.95 Å². The van der Waals surface area contributed by atoms with Crippen LogP contribution in [0, 0.1) is 6.92 Å². The lowest BCUT2D eigenvalue weighted by Crippen LogP contribution is -2.07. The van der Waals surface area contributed by atoms with E-state index in [2.05, 4.69) is 29.6 Å². The van der Waals surface area contributed by atoms with Crippen molar-refractivity contribution in [2.45, 2.75) is 11.8 Å². The molecular formula is C19H17N7O2S. The van der Waals surface area contributed by atoms with Gasteiger partial charge in [0.25, 0.3) is 0 Å². The van der Waals surface area contributed by atoms with Crippen molar-refractivity contribution in [2.24, 2.45) is 0 Å². The van der Waals surface area contributed by atoms with Gasteiger partial charge >= 0.3 is 0 Å². The van der Waals surface area contributed by atoms with Crippen LogP contribution in [-0.4, -0.2) is 36.2 Å². The fourth-order valence-electron chi connectivity index (χ4n) is 2.80. The van der Waals surface area contributed by atoms with Crippen molar-refractivity contribution in [3.63, 3.8) is 0 Å². The SMILES string of the molecule is COc1ncc(-c2cnc3nc(N)nc(C)c3c2)cc1NS(=O)c1cccnc1. The first-order valence-electron chi connectivity index (χ1n) is 8.58. The van der Waals surface area contributed by atoms with Gasteiger partial charge in [0.1, 0.15) is 5.69 Å². The van der Waals surface area contributed by atoms with Gasteiger partial charge in [0, 0.05) is 41.3 Å². The molecular weight excluding hydrogens is 390 g/mol. The lowest BCUT2D eigenvalue weighted by Gasteiger charge is -2.12. The van der Waals surface area contributed by atoms with Crippen LogP contribution in [0.1, 0.15) is 5.69 Å². The van der Waals surface area contributed by atoms with Gasteiger partial charge in [-0.15, -0.1) is 0 Å². The van der Waals surface area contributed by atoms with Gasteiger partial charge in [-0.05, 0) is 31.2 Å². The van der Waals surface area contributed by atoms with Gasteiger partial charge in [-0.25, -0.2) is 19.2 Å². The molecule has 1 unspecified atom stereocenters. The lowest BCUT2D eigenvalue weighted by molar-refractivity contribution is 0.400. The Kier molecular flexibility index (Phi) is 5.00. The predicted octanol–water partition coefficient (Wildman–Crippen LogP) is 2.52. The standard InChI is InChI=1S/C19H17N7O2S/c1-11-15-6-12(8-22-17(15)25-19(20)24-11)13-7-16(18(28-2)23-9-13)26-29(27)14-4-3-5-21-10-14/h3-10,26H,1-2H3,(H2,20,22,24,25). The van der Waals surface area contributed by atoms with Crippen LogP contribution >= 0.6 is 0 Å². The third kappa shape index (κ3) is 3.83. The highest BCUT2D eigenvalue weighted by atomic mass is 32.2. The molecule has 146 valence electrons. The molecule has 10 heteroatoms. The Labute approximate surface area is 169 Å². The summed E-state index contributed by atoms with van der Waals surface area (Å²) in [6.45, 7) is 1.85. The van der Waals surface area contributed by atoms with Crippen LogP contribution in [0.4, 0.5) is 11.6 Å². The van der Waals surface area contributed by atoms with Crippen LogP contribution in [0.15, 0.2) is 53.9 Å². The molecule has 4 aromatic heterocycles. The molecule has 4 rings (SSSR count). The number of pyridine rings is 3. The van der Waals surface area contributed by atoms with Crippen molar-refractivity contribution in [1.29, 1.82) is 0 Å². The number of aryl methyl sites for hydroxylation is 1. The Morgan fingerprint density at radius 2 is 1.90 bits per heavy atom. The molecule has 3 N–H and O–H groups in total. The van der Waals surface area contributed by atoms with Crippen molar-refractivity contribution in [3.05, 3.63) is 54.7 Å². The zero-order chi connectivity index (χ0) is 20.4. The van der Waals surface area contributed by atoms with Crippen LogP contribution in [0.25, 0.3) is 22.2 Å². The number of nitrogen functional groups attached to an aromatic ring is 1. The fourth-order valence-corrected chi connectivity index (χ4v) is 3.62. The quantitative estimate of drug-likeness (QED) is 0.516. The third-order valence-electron chi connectivity index (χ3n) is 4.19. The Bertz CT molecular complexity index is 1220. The highest BCUT2D eigenvalue weighted by molar-refractivity contribution is 7.86. The molecule has 0 spiro atoms. The molecule has 0 saturated heterocycles. The molecule has 4 heterocycles. The Hall–Kier alpha value is -3.66. The highest BCUT2D eigenvalue weighted by Gasteiger charge is 2.13. The number of nitrogens with one attached hydrogen (secondary N) is 1. The number of ether oxygens (including phenoxy) is 1. The van der Waals surface area contributed by atoms with Gasteiger partial charge in [-0.3, -0.25) is 9.71 Å². The summed E-state index contributed by atoms with van der Waals surface area (Å²) in [6.07, 6.45) is 6.50. The molecule has 0 bridgehead atoms. The molecule has 0 saturated carbocycles. The minimum atomic E-state index is -1.52. The van der Waals surface area contributed by atoms with Gasteiger partial charge in [0.2, 0.25) is 11.8 Å². The van der Waals surface area contributed by atoms with E-state index < -0.39 is 11.0 Å². The number of nitrogens with zero attached hydrogens (tertiary/aromatic N) is 5. The monoisotopic (exact) mass is 407 g/mol. The second-order valence-corrected chi connectivity index (χ2v) is 7.32. The number of anilines is 2. The van der Waals surface area contributed by atoms with Gasteiger partial charge < -0.3 is 10.5 Å². The molecule has 0 fully saturated rings. The maximum atomic E-state index is 12.6. The lowest BCUT2D eigenvalue weighted by atomic mass is 10.1. The number of methoxy groups -OCH3 is 1. The van der Waals surface area contributed by atoms with Crippen molar-refractivity contribution >= 4 is 33.7 Å². The van der Waals surface area contributed by atoms with E-state index in [0.717, 1.165) is 22.2 Å². The molecule has 1 atom stereocenters. The molecule has 0 radical (unpaired) electrons. The predicted molar refractivity (Wildman–Crippen MR) is 111 cm³/mol. The number of nitrogens with two attached hydrogens (primary N) is 1. The summed E-state index contributed by atoms with van der Waals surface area (Å²) in [6, 6.07) is 7.17. The first-order valence-corrected chi connectivity index (χ1v) is 9.73. The molecule has 29 heavy (non-hydrogen) atoms. The summed E-state index contributed by atoms with van der Waals surface area (Å²) in [5.41, 5.74) is 9.01. The van der Waals surface area contributed by atoms with E-state index in [4.69, 9.17) is 10.5 Å². The number of fused-ring (bicyclic) bond motifs is 1. The van der Waals surface area contributed by atoms with E-state index in [1.807, 2.05) is 13.0 Å². The minimum Gasteiger partial charge on any atom is -0.480 e. The van der Waals surface area contributed by atoms with Crippen molar-refractivity contribution in [1.82, 2.24) is 24.9 Å². The zero-order valence-electron chi connectivity index (χ0n) is 15.7. The van der Waals surface area contributed by atoms with E-state index in [1.54, 1.807) is 36.8 Å². The summed E-state index contributed by atoms with van der Waals surface area (Å²) in [5.74, 6) is 0.512. The second-order valence-electron chi connectivity index (χ2n) is 6.10. The molecule has 0 amide bonds. The maximum absolute atomic E-state index is 12.6.